The van der Waals surface area contributed by atoms with E-state index in [4.69, 9.17) is 0 Å². The van der Waals surface area contributed by atoms with Gasteiger partial charge in [0.05, 0.1) is 0 Å². The van der Waals surface area contributed by atoms with Crippen molar-refractivity contribution in [1.29, 1.82) is 0 Å². The van der Waals surface area contributed by atoms with E-state index in [0.29, 0.717) is 0 Å². The predicted octanol–water partition coefficient (Wildman–Crippen LogP) is 4.21. The molecule has 0 aliphatic heterocycles. The highest BCUT2D eigenvalue weighted by atomic mass is 14.4. The molecule has 6 atom stereocenters. The van der Waals surface area contributed by atoms with Gasteiger partial charge in [0, 0.05) is 0 Å². The Bertz CT molecular complexity index is 143. The quantitative estimate of drug-likeness (QED) is 0.492. The molecule has 13 heavy (non-hydrogen) atoms. The first kappa shape index (κ1) is 11.1. The molecule has 1 fully saturated rings. The van der Waals surface area contributed by atoms with Crippen LogP contribution in [0, 0.1) is 35.5 Å². The highest BCUT2D eigenvalue weighted by Gasteiger charge is 2.34. The van der Waals surface area contributed by atoms with E-state index < -0.39 is 0 Å². The zero-order valence-corrected chi connectivity index (χ0v) is 10.2. The van der Waals surface area contributed by atoms with Crippen LogP contribution in [-0.4, -0.2) is 0 Å². The van der Waals surface area contributed by atoms with Crippen molar-refractivity contribution < 1.29 is 0 Å². The van der Waals surface area contributed by atoms with E-state index in [2.05, 4.69) is 41.5 Å². The molecule has 0 unspecified atom stereocenters. The van der Waals surface area contributed by atoms with E-state index in [9.17, 15) is 0 Å². The van der Waals surface area contributed by atoms with Gasteiger partial charge in [-0.15, -0.1) is 0 Å². The second-order valence-corrected chi connectivity index (χ2v) is 5.63. The lowest BCUT2D eigenvalue weighted by atomic mass is 9.77. The van der Waals surface area contributed by atoms with Gasteiger partial charge in [-0.25, -0.2) is 0 Å². The standard InChI is InChI=1S/C13H26/c1-8-7-9(2)11(4)13(6)12(5)10(8)3/h8-13H,7H2,1-6H3/t8-,9+,10-,11+,12-,13+. The van der Waals surface area contributed by atoms with E-state index >= 15 is 0 Å². The van der Waals surface area contributed by atoms with Crippen LogP contribution < -0.4 is 0 Å². The summed E-state index contributed by atoms with van der Waals surface area (Å²) in [7, 11) is 0. The third-order valence-electron chi connectivity index (χ3n) is 5.03. The molecule has 0 heterocycles. The molecule has 0 radical (unpaired) electrons. The summed E-state index contributed by atoms with van der Waals surface area (Å²) in [5, 5.41) is 0. The smallest absolute Gasteiger partial charge is 0.0386 e. The van der Waals surface area contributed by atoms with Crippen LogP contribution in [0.3, 0.4) is 0 Å². The maximum Gasteiger partial charge on any atom is -0.0386 e. The fraction of sp³-hybridized carbons (Fsp3) is 1.00. The van der Waals surface area contributed by atoms with Gasteiger partial charge >= 0.3 is 0 Å². The first-order chi connectivity index (χ1) is 5.95. The first-order valence-electron chi connectivity index (χ1n) is 5.95. The molecule has 0 aromatic carbocycles. The predicted molar refractivity (Wildman–Crippen MR) is 59.6 cm³/mol. The fourth-order valence-corrected chi connectivity index (χ4v) is 3.01. The summed E-state index contributed by atoms with van der Waals surface area (Å²) in [5.41, 5.74) is 0. The molecule has 1 aliphatic carbocycles. The summed E-state index contributed by atoms with van der Waals surface area (Å²) in [6.45, 7) is 14.6. The topological polar surface area (TPSA) is 0 Å². The van der Waals surface area contributed by atoms with Crippen molar-refractivity contribution in [2.45, 2.75) is 48.0 Å². The Kier molecular flexibility index (Phi) is 3.43. The number of hydrogen-bond donors (Lipinski definition) is 0. The average Bonchev–Trinajstić information content (AvgIpc) is 2.15. The van der Waals surface area contributed by atoms with E-state index in [-0.39, 0.29) is 0 Å². The molecule has 0 nitrogen and oxygen atoms in total. The van der Waals surface area contributed by atoms with Crippen molar-refractivity contribution in [3.05, 3.63) is 0 Å². The van der Waals surface area contributed by atoms with E-state index in [1.807, 2.05) is 0 Å². The summed E-state index contributed by atoms with van der Waals surface area (Å²) >= 11 is 0. The molecule has 0 amide bonds. The molecule has 1 saturated carbocycles. The Balaban J connectivity index is 2.79. The second kappa shape index (κ2) is 4.02. The van der Waals surface area contributed by atoms with Gasteiger partial charge in [0.25, 0.3) is 0 Å². The third kappa shape index (κ3) is 2.08. The van der Waals surface area contributed by atoms with Crippen molar-refractivity contribution in [2.75, 3.05) is 0 Å². The normalized spacial score (nSPS) is 53.1. The molecule has 0 N–H and O–H groups in total. The van der Waals surface area contributed by atoms with Crippen LogP contribution in [0.25, 0.3) is 0 Å². The van der Waals surface area contributed by atoms with Gasteiger partial charge in [-0.3, -0.25) is 0 Å². The molecule has 0 aromatic heterocycles. The average molecular weight is 182 g/mol. The lowest BCUT2D eigenvalue weighted by Gasteiger charge is -2.29. The summed E-state index contributed by atoms with van der Waals surface area (Å²) in [5.74, 6) is 5.43. The van der Waals surface area contributed by atoms with Crippen LogP contribution >= 0.6 is 0 Å². The molecule has 0 spiro atoms. The SMILES string of the molecule is C[C@@H]1[C@H](C)[C@H](C)[C@H](C)C[C@H](C)[C@@H]1C. The maximum absolute atomic E-state index is 2.44. The molecular weight excluding hydrogens is 156 g/mol. The molecule has 0 heteroatoms. The van der Waals surface area contributed by atoms with E-state index in [1.165, 1.54) is 6.42 Å². The molecule has 1 rings (SSSR count). The van der Waals surface area contributed by atoms with Gasteiger partial charge in [-0.2, -0.15) is 0 Å². The van der Waals surface area contributed by atoms with E-state index in [0.717, 1.165) is 35.5 Å². The Hall–Kier alpha value is 0. The minimum atomic E-state index is 0.898. The number of hydrogen-bond acceptors (Lipinski definition) is 0. The minimum absolute atomic E-state index is 0.898. The Labute approximate surface area is 84.1 Å². The van der Waals surface area contributed by atoms with Crippen LogP contribution in [0.5, 0.6) is 0 Å². The van der Waals surface area contributed by atoms with Crippen molar-refractivity contribution in [3.8, 4) is 0 Å². The van der Waals surface area contributed by atoms with Crippen LogP contribution in [0.2, 0.25) is 0 Å². The van der Waals surface area contributed by atoms with Gasteiger partial charge < -0.3 is 0 Å². The van der Waals surface area contributed by atoms with Gasteiger partial charge in [0.2, 0.25) is 0 Å². The lowest BCUT2D eigenvalue weighted by Crippen LogP contribution is -2.22. The summed E-state index contributed by atoms with van der Waals surface area (Å²) in [6, 6.07) is 0. The van der Waals surface area contributed by atoms with Crippen LogP contribution in [0.1, 0.15) is 48.0 Å². The third-order valence-corrected chi connectivity index (χ3v) is 5.03. The molecule has 78 valence electrons. The van der Waals surface area contributed by atoms with Gasteiger partial charge in [-0.05, 0) is 41.9 Å². The molecule has 0 saturated heterocycles. The van der Waals surface area contributed by atoms with Crippen molar-refractivity contribution in [3.63, 3.8) is 0 Å². The van der Waals surface area contributed by atoms with Crippen LogP contribution in [-0.2, 0) is 0 Å². The van der Waals surface area contributed by atoms with Crippen molar-refractivity contribution in [2.24, 2.45) is 35.5 Å². The Morgan fingerprint density at radius 2 is 0.846 bits per heavy atom. The van der Waals surface area contributed by atoms with Gasteiger partial charge in [-0.1, -0.05) is 41.5 Å². The molecule has 0 bridgehead atoms. The first-order valence-corrected chi connectivity index (χ1v) is 5.95. The lowest BCUT2D eigenvalue weighted by molar-refractivity contribution is 0.199. The molecular formula is C13H26. The monoisotopic (exact) mass is 182 g/mol. The maximum atomic E-state index is 2.44. The minimum Gasteiger partial charge on any atom is -0.0622 e. The van der Waals surface area contributed by atoms with Crippen molar-refractivity contribution >= 4 is 0 Å². The molecule has 1 aliphatic rings. The van der Waals surface area contributed by atoms with Crippen LogP contribution in [0.15, 0.2) is 0 Å². The summed E-state index contributed by atoms with van der Waals surface area (Å²) in [4.78, 5) is 0. The zero-order valence-electron chi connectivity index (χ0n) is 10.2. The summed E-state index contributed by atoms with van der Waals surface area (Å²) < 4.78 is 0. The Morgan fingerprint density at radius 3 is 1.15 bits per heavy atom. The van der Waals surface area contributed by atoms with Gasteiger partial charge in [0.1, 0.15) is 0 Å². The van der Waals surface area contributed by atoms with Crippen molar-refractivity contribution in [1.82, 2.24) is 0 Å². The summed E-state index contributed by atoms with van der Waals surface area (Å²) in [6.07, 6.45) is 1.43. The fourth-order valence-electron chi connectivity index (χ4n) is 3.01. The largest absolute Gasteiger partial charge is 0.0622 e. The Morgan fingerprint density at radius 1 is 0.538 bits per heavy atom. The molecule has 0 aromatic rings. The van der Waals surface area contributed by atoms with E-state index in [1.54, 1.807) is 0 Å². The second-order valence-electron chi connectivity index (χ2n) is 5.63. The number of rotatable bonds is 0. The zero-order chi connectivity index (χ0) is 10.2. The van der Waals surface area contributed by atoms with Crippen LogP contribution in [0.4, 0.5) is 0 Å². The highest BCUT2D eigenvalue weighted by Crippen LogP contribution is 2.41. The van der Waals surface area contributed by atoms with Gasteiger partial charge in [0.15, 0.2) is 0 Å². The highest BCUT2D eigenvalue weighted by molar-refractivity contribution is 4.83.